The number of rotatable bonds is 10. The van der Waals surface area contributed by atoms with E-state index in [4.69, 9.17) is 14.0 Å². The van der Waals surface area contributed by atoms with Gasteiger partial charge >= 0.3 is 5.97 Å². The molecule has 2 saturated heterocycles. The number of nitrogens with zero attached hydrogens (tertiary/aromatic N) is 3. The average Bonchev–Trinajstić information content (AvgIpc) is 3.55. The molecule has 6 rings (SSSR count). The number of piperidine rings is 1. The highest BCUT2D eigenvalue weighted by molar-refractivity contribution is 5.93. The number of nitrogens with one attached hydrogen (secondary N) is 2. The average molecular weight is 602 g/mol. The molecular weight excluding hydrogens is 566 g/mol. The fraction of sp³-hybridized carbons (Fsp3) is 0.438. The molecule has 12 nitrogen and oxygen atoms in total. The van der Waals surface area contributed by atoms with Gasteiger partial charge in [-0.15, -0.1) is 0 Å². The van der Waals surface area contributed by atoms with Crippen LogP contribution in [0.2, 0.25) is 0 Å². The number of ether oxygens (including phenoxy) is 2. The van der Waals surface area contributed by atoms with Crippen molar-refractivity contribution in [2.75, 3.05) is 19.7 Å². The standard InChI is InChI=1S/C32H35N5O7/c1-19(34-31(40)27-12-14-43-36-27)29(22-8-6-21(7-9-22)20-4-5-20)44-25-10-11-26(33-16-25)30(39)35-24-3-2-13-37(17-24)32(41)23-15-28(38)42-18-23/h6-12,14,16,19-20,23-24,29H,2-5,13,15,17-18H2,1H3,(H,34,40)(H,35,39)/t19?,23-,24+,29?/m1/s1. The van der Waals surface area contributed by atoms with Gasteiger partial charge < -0.3 is 29.5 Å². The third kappa shape index (κ3) is 6.90. The Hall–Kier alpha value is -4.74. The van der Waals surface area contributed by atoms with E-state index < -0.39 is 18.1 Å². The van der Waals surface area contributed by atoms with Gasteiger partial charge in [-0.1, -0.05) is 29.4 Å². The minimum atomic E-state index is -0.549. The first-order chi connectivity index (χ1) is 21.3. The van der Waals surface area contributed by atoms with Crippen LogP contribution in [0.4, 0.5) is 0 Å². The number of esters is 1. The minimum Gasteiger partial charge on any atom is -0.482 e. The van der Waals surface area contributed by atoms with Crippen LogP contribution in [0.5, 0.6) is 5.75 Å². The van der Waals surface area contributed by atoms with Crippen LogP contribution < -0.4 is 15.4 Å². The SMILES string of the molecule is CC(NC(=O)c1ccon1)C(Oc1ccc(C(=O)N[C@H]2CCCN(C(=O)[C@H]3COC(=O)C3)C2)nc1)c1ccc(C2CC2)cc1. The summed E-state index contributed by atoms with van der Waals surface area (Å²) in [5.74, 6) is -0.610. The van der Waals surface area contributed by atoms with Crippen molar-refractivity contribution in [3.8, 4) is 5.75 Å². The van der Waals surface area contributed by atoms with Crippen molar-refractivity contribution in [3.05, 3.63) is 77.4 Å². The van der Waals surface area contributed by atoms with Crippen LogP contribution in [0.25, 0.3) is 0 Å². The monoisotopic (exact) mass is 601 g/mol. The second-order valence-electron chi connectivity index (χ2n) is 11.7. The van der Waals surface area contributed by atoms with Gasteiger partial charge in [0.25, 0.3) is 11.8 Å². The molecule has 2 aliphatic heterocycles. The number of amides is 3. The van der Waals surface area contributed by atoms with Crippen molar-refractivity contribution >= 4 is 23.7 Å². The Labute approximate surface area is 254 Å². The van der Waals surface area contributed by atoms with Gasteiger partial charge in [-0.3, -0.25) is 19.2 Å². The Bertz CT molecular complexity index is 1490. The van der Waals surface area contributed by atoms with Gasteiger partial charge in [0, 0.05) is 25.2 Å². The van der Waals surface area contributed by atoms with E-state index >= 15 is 0 Å². The van der Waals surface area contributed by atoms with E-state index in [9.17, 15) is 19.2 Å². The first-order valence-corrected chi connectivity index (χ1v) is 15.0. The lowest BCUT2D eigenvalue weighted by atomic mass is 10.00. The zero-order chi connectivity index (χ0) is 30.6. The van der Waals surface area contributed by atoms with Crippen molar-refractivity contribution in [1.82, 2.24) is 25.7 Å². The third-order valence-corrected chi connectivity index (χ3v) is 8.31. The summed E-state index contributed by atoms with van der Waals surface area (Å²) in [4.78, 5) is 56.0. The van der Waals surface area contributed by atoms with E-state index in [-0.39, 0.29) is 54.1 Å². The Morgan fingerprint density at radius 2 is 1.84 bits per heavy atom. The van der Waals surface area contributed by atoms with E-state index in [1.165, 1.54) is 36.9 Å². The predicted octanol–water partition coefficient (Wildman–Crippen LogP) is 3.17. The van der Waals surface area contributed by atoms with E-state index in [2.05, 4.69) is 32.9 Å². The Morgan fingerprint density at radius 3 is 2.50 bits per heavy atom. The summed E-state index contributed by atoms with van der Waals surface area (Å²) in [6, 6.07) is 12.3. The molecule has 0 bridgehead atoms. The molecule has 2 unspecified atom stereocenters. The predicted molar refractivity (Wildman–Crippen MR) is 156 cm³/mol. The van der Waals surface area contributed by atoms with Crippen LogP contribution >= 0.6 is 0 Å². The van der Waals surface area contributed by atoms with Crippen LogP contribution in [0, 0.1) is 5.92 Å². The largest absolute Gasteiger partial charge is 0.482 e. The maximum atomic E-state index is 13.0. The second-order valence-corrected chi connectivity index (χ2v) is 11.7. The van der Waals surface area contributed by atoms with Gasteiger partial charge in [0.2, 0.25) is 5.91 Å². The number of pyridine rings is 1. The van der Waals surface area contributed by atoms with Gasteiger partial charge in [-0.05, 0) is 61.8 Å². The molecule has 4 atom stereocenters. The molecule has 230 valence electrons. The van der Waals surface area contributed by atoms with Gasteiger partial charge in [-0.2, -0.15) is 0 Å². The second kappa shape index (κ2) is 12.9. The first kappa shape index (κ1) is 29.3. The van der Waals surface area contributed by atoms with Crippen molar-refractivity contribution in [2.45, 2.75) is 63.1 Å². The minimum absolute atomic E-state index is 0.101. The number of hydrogen-bond acceptors (Lipinski definition) is 9. The molecule has 44 heavy (non-hydrogen) atoms. The Balaban J connectivity index is 1.09. The lowest BCUT2D eigenvalue weighted by Gasteiger charge is -2.34. The number of benzene rings is 1. The van der Waals surface area contributed by atoms with E-state index in [1.54, 1.807) is 17.0 Å². The maximum absolute atomic E-state index is 13.0. The number of hydrogen-bond donors (Lipinski definition) is 2. The molecule has 3 fully saturated rings. The summed E-state index contributed by atoms with van der Waals surface area (Å²) in [6.45, 7) is 2.92. The van der Waals surface area contributed by atoms with Crippen molar-refractivity contribution in [2.24, 2.45) is 5.92 Å². The molecule has 0 radical (unpaired) electrons. The molecule has 0 spiro atoms. The highest BCUT2D eigenvalue weighted by Crippen LogP contribution is 2.40. The normalized spacial score (nSPS) is 21.2. The van der Waals surface area contributed by atoms with E-state index in [0.29, 0.717) is 24.8 Å². The molecular formula is C32H35N5O7. The Morgan fingerprint density at radius 1 is 1.02 bits per heavy atom. The lowest BCUT2D eigenvalue weighted by Crippen LogP contribution is -2.51. The van der Waals surface area contributed by atoms with Gasteiger partial charge in [0.1, 0.15) is 30.4 Å². The van der Waals surface area contributed by atoms with E-state index in [0.717, 1.165) is 18.4 Å². The van der Waals surface area contributed by atoms with Crippen molar-refractivity contribution in [3.63, 3.8) is 0 Å². The highest BCUT2D eigenvalue weighted by atomic mass is 16.5. The van der Waals surface area contributed by atoms with Gasteiger partial charge in [0.15, 0.2) is 5.69 Å². The fourth-order valence-electron chi connectivity index (χ4n) is 5.73. The molecule has 1 aromatic carbocycles. The van der Waals surface area contributed by atoms with Crippen LogP contribution in [-0.2, 0) is 14.3 Å². The summed E-state index contributed by atoms with van der Waals surface area (Å²) in [7, 11) is 0. The molecule has 4 heterocycles. The molecule has 2 aromatic heterocycles. The molecule has 1 aliphatic carbocycles. The summed E-state index contributed by atoms with van der Waals surface area (Å²) >= 11 is 0. The quantitative estimate of drug-likeness (QED) is 0.334. The summed E-state index contributed by atoms with van der Waals surface area (Å²) in [5.41, 5.74) is 2.56. The van der Waals surface area contributed by atoms with E-state index in [1.807, 2.05) is 19.1 Å². The zero-order valence-corrected chi connectivity index (χ0v) is 24.4. The molecule has 3 aromatic rings. The smallest absolute Gasteiger partial charge is 0.306 e. The molecule has 1 saturated carbocycles. The highest BCUT2D eigenvalue weighted by Gasteiger charge is 2.35. The third-order valence-electron chi connectivity index (χ3n) is 8.31. The molecule has 2 N–H and O–H groups in total. The fourth-order valence-corrected chi connectivity index (χ4v) is 5.73. The van der Waals surface area contributed by atoms with Gasteiger partial charge in [0.05, 0.1) is 24.6 Å². The number of cyclic esters (lactones) is 1. The van der Waals surface area contributed by atoms with Crippen LogP contribution in [0.15, 0.2) is 59.4 Å². The maximum Gasteiger partial charge on any atom is 0.306 e. The van der Waals surface area contributed by atoms with Crippen LogP contribution in [0.3, 0.4) is 0 Å². The number of likely N-dealkylation sites (tertiary alicyclic amines) is 1. The summed E-state index contributed by atoms with van der Waals surface area (Å²) in [6.07, 6.45) is 6.25. The Kier molecular flexibility index (Phi) is 8.58. The van der Waals surface area contributed by atoms with Gasteiger partial charge in [-0.25, -0.2) is 4.98 Å². The molecule has 12 heteroatoms. The molecule has 3 amide bonds. The zero-order valence-electron chi connectivity index (χ0n) is 24.4. The lowest BCUT2D eigenvalue weighted by molar-refractivity contribution is -0.138. The topological polar surface area (TPSA) is 153 Å². The number of aromatic nitrogens is 2. The van der Waals surface area contributed by atoms with Crippen molar-refractivity contribution < 1.29 is 33.2 Å². The first-order valence-electron chi connectivity index (χ1n) is 15.0. The number of carbonyl (C=O) groups excluding carboxylic acids is 4. The summed E-state index contributed by atoms with van der Waals surface area (Å²) < 4.78 is 16.1. The summed E-state index contributed by atoms with van der Waals surface area (Å²) in [5, 5.41) is 9.63. The molecule has 3 aliphatic rings. The number of carbonyl (C=O) groups is 4. The van der Waals surface area contributed by atoms with Crippen LogP contribution in [-0.4, -0.2) is 70.5 Å². The van der Waals surface area contributed by atoms with Crippen LogP contribution in [0.1, 0.15) is 83.2 Å². The van der Waals surface area contributed by atoms with Crippen molar-refractivity contribution in [1.29, 1.82) is 0 Å².